The summed E-state index contributed by atoms with van der Waals surface area (Å²) in [5, 5.41) is 2.39. The number of aliphatic imine (C=N–C) groups is 1. The van der Waals surface area contributed by atoms with Gasteiger partial charge in [0.05, 0.1) is 19.8 Å². The lowest BCUT2D eigenvalue weighted by molar-refractivity contribution is -0.127. The number of imide groups is 1. The zero-order chi connectivity index (χ0) is 15.0. The number of nitrogens with one attached hydrogen (secondary N) is 1. The Hall–Kier alpha value is -1.67. The van der Waals surface area contributed by atoms with Gasteiger partial charge in [-0.15, -0.1) is 0 Å². The molecule has 3 amide bonds. The molecule has 2 fully saturated rings. The molecule has 8 nitrogen and oxygen atoms in total. The van der Waals surface area contributed by atoms with Crippen molar-refractivity contribution < 1.29 is 14.3 Å². The smallest absolute Gasteiger partial charge is 0.325 e. The van der Waals surface area contributed by atoms with Crippen LogP contribution >= 0.6 is 0 Å². The molecule has 0 aromatic heterocycles. The molecule has 8 heteroatoms. The highest BCUT2D eigenvalue weighted by Gasteiger charge is 2.47. The molecular weight excluding hydrogens is 274 g/mol. The molecule has 3 aliphatic heterocycles. The number of ether oxygens (including phenoxy) is 1. The lowest BCUT2D eigenvalue weighted by Crippen LogP contribution is -2.63. The fourth-order valence-electron chi connectivity index (χ4n) is 3.05. The summed E-state index contributed by atoms with van der Waals surface area (Å²) >= 11 is 0. The Kier molecular flexibility index (Phi) is 3.81. The van der Waals surface area contributed by atoms with Gasteiger partial charge in [-0.25, -0.2) is 9.79 Å². The number of amides is 3. The topological polar surface area (TPSA) is 77.5 Å². The van der Waals surface area contributed by atoms with E-state index in [1.807, 2.05) is 11.8 Å². The van der Waals surface area contributed by atoms with Crippen LogP contribution in [0.3, 0.4) is 0 Å². The molecule has 3 aliphatic rings. The molecular formula is C13H21N5O3. The second-order valence-corrected chi connectivity index (χ2v) is 5.48. The van der Waals surface area contributed by atoms with Gasteiger partial charge < -0.3 is 14.5 Å². The van der Waals surface area contributed by atoms with E-state index in [-0.39, 0.29) is 11.9 Å². The number of fused-ring (bicyclic) bond motifs is 1. The first-order valence-corrected chi connectivity index (χ1v) is 7.33. The second kappa shape index (κ2) is 5.61. The summed E-state index contributed by atoms with van der Waals surface area (Å²) < 4.78 is 5.35. The van der Waals surface area contributed by atoms with E-state index >= 15 is 0 Å². The Labute approximate surface area is 123 Å². The Balaban J connectivity index is 1.79. The number of urea groups is 1. The monoisotopic (exact) mass is 295 g/mol. The molecule has 0 aliphatic carbocycles. The van der Waals surface area contributed by atoms with Crippen LogP contribution in [0.1, 0.15) is 6.92 Å². The molecule has 3 heterocycles. The van der Waals surface area contributed by atoms with Crippen molar-refractivity contribution in [3.05, 3.63) is 0 Å². The summed E-state index contributed by atoms with van der Waals surface area (Å²) in [6.07, 6.45) is -0.415. The maximum Gasteiger partial charge on any atom is 0.325 e. The van der Waals surface area contributed by atoms with Crippen LogP contribution in [-0.2, 0) is 9.53 Å². The SMILES string of the molecule is CCN1C(CN2CCOCC2)=NC2C1C(=O)NC(=O)N2C. The number of amidine groups is 1. The molecule has 0 radical (unpaired) electrons. The highest BCUT2D eigenvalue weighted by molar-refractivity contribution is 6.04. The molecule has 0 aromatic rings. The predicted octanol–water partition coefficient (Wildman–Crippen LogP) is -1.07. The fraction of sp³-hybridized carbons (Fsp3) is 0.769. The Bertz CT molecular complexity index is 474. The van der Waals surface area contributed by atoms with E-state index in [0.717, 1.165) is 32.1 Å². The van der Waals surface area contributed by atoms with E-state index in [0.29, 0.717) is 13.1 Å². The third kappa shape index (κ3) is 2.49. The van der Waals surface area contributed by atoms with Gasteiger partial charge in [0.25, 0.3) is 5.91 Å². The zero-order valence-electron chi connectivity index (χ0n) is 12.4. The first-order valence-electron chi connectivity index (χ1n) is 7.33. The molecule has 2 unspecified atom stereocenters. The fourth-order valence-corrected chi connectivity index (χ4v) is 3.05. The van der Waals surface area contributed by atoms with Gasteiger partial charge in [-0.05, 0) is 6.92 Å². The summed E-state index contributed by atoms with van der Waals surface area (Å²) in [6.45, 7) is 6.58. The Morgan fingerprint density at radius 2 is 2.05 bits per heavy atom. The lowest BCUT2D eigenvalue weighted by Gasteiger charge is -2.36. The molecule has 2 saturated heterocycles. The predicted molar refractivity (Wildman–Crippen MR) is 76.0 cm³/mol. The summed E-state index contributed by atoms with van der Waals surface area (Å²) in [4.78, 5) is 34.3. The van der Waals surface area contributed by atoms with Crippen LogP contribution in [0, 0.1) is 0 Å². The number of nitrogens with zero attached hydrogens (tertiary/aromatic N) is 4. The quantitative estimate of drug-likeness (QED) is 0.717. The maximum atomic E-state index is 12.1. The number of hydrogen-bond donors (Lipinski definition) is 1. The van der Waals surface area contributed by atoms with Crippen LogP contribution in [0.25, 0.3) is 0 Å². The van der Waals surface area contributed by atoms with Crippen LogP contribution in [0.15, 0.2) is 4.99 Å². The van der Waals surface area contributed by atoms with Crippen molar-refractivity contribution in [1.82, 2.24) is 20.0 Å². The normalized spacial score (nSPS) is 30.3. The minimum absolute atomic E-state index is 0.259. The number of carbonyl (C=O) groups excluding carboxylic acids is 2. The van der Waals surface area contributed by atoms with Crippen LogP contribution in [0.2, 0.25) is 0 Å². The van der Waals surface area contributed by atoms with Gasteiger partial charge in [-0.1, -0.05) is 0 Å². The van der Waals surface area contributed by atoms with Gasteiger partial charge in [0, 0.05) is 26.7 Å². The highest BCUT2D eigenvalue weighted by atomic mass is 16.5. The summed E-state index contributed by atoms with van der Waals surface area (Å²) in [7, 11) is 1.68. The number of morpholine rings is 1. The molecule has 0 saturated carbocycles. The molecule has 1 N–H and O–H groups in total. The molecule has 0 aromatic carbocycles. The molecule has 0 bridgehead atoms. The molecule has 0 spiro atoms. The van der Waals surface area contributed by atoms with Crippen LogP contribution < -0.4 is 5.32 Å². The minimum atomic E-state index is -0.415. The number of hydrogen-bond acceptors (Lipinski definition) is 6. The summed E-state index contributed by atoms with van der Waals surface area (Å²) in [5.41, 5.74) is 0. The zero-order valence-corrected chi connectivity index (χ0v) is 12.4. The molecule has 116 valence electrons. The van der Waals surface area contributed by atoms with Crippen LogP contribution in [0.5, 0.6) is 0 Å². The van der Waals surface area contributed by atoms with E-state index < -0.39 is 12.2 Å². The third-order valence-electron chi connectivity index (χ3n) is 4.26. The van der Waals surface area contributed by atoms with E-state index in [2.05, 4.69) is 15.2 Å². The summed E-state index contributed by atoms with van der Waals surface area (Å²) in [6, 6.07) is -0.789. The van der Waals surface area contributed by atoms with Crippen molar-refractivity contribution in [3.63, 3.8) is 0 Å². The van der Waals surface area contributed by atoms with Crippen molar-refractivity contribution in [2.75, 3.05) is 46.4 Å². The molecule has 2 atom stereocenters. The largest absolute Gasteiger partial charge is 0.379 e. The van der Waals surface area contributed by atoms with Crippen molar-refractivity contribution in [3.8, 4) is 0 Å². The molecule has 3 rings (SSSR count). The highest BCUT2D eigenvalue weighted by Crippen LogP contribution is 2.24. The average molecular weight is 295 g/mol. The molecule has 21 heavy (non-hydrogen) atoms. The average Bonchev–Trinajstić information content (AvgIpc) is 2.85. The first kappa shape index (κ1) is 14.3. The maximum absolute atomic E-state index is 12.1. The van der Waals surface area contributed by atoms with Gasteiger partial charge in [-0.3, -0.25) is 15.0 Å². The first-order chi connectivity index (χ1) is 10.1. The third-order valence-corrected chi connectivity index (χ3v) is 4.26. The standard InChI is InChI=1S/C13H21N5O3/c1-3-18-9(8-17-4-6-21-7-5-17)14-11-10(18)12(19)15-13(20)16(11)2/h10-11H,3-8H2,1-2H3,(H,15,19,20). The van der Waals surface area contributed by atoms with Gasteiger partial charge in [0.2, 0.25) is 0 Å². The Morgan fingerprint density at radius 1 is 1.33 bits per heavy atom. The van der Waals surface area contributed by atoms with Gasteiger partial charge in [-0.2, -0.15) is 0 Å². The van der Waals surface area contributed by atoms with Crippen molar-refractivity contribution >= 4 is 17.8 Å². The van der Waals surface area contributed by atoms with E-state index in [4.69, 9.17) is 4.74 Å². The van der Waals surface area contributed by atoms with Crippen molar-refractivity contribution in [2.45, 2.75) is 19.1 Å². The van der Waals surface area contributed by atoms with Crippen molar-refractivity contribution in [1.29, 1.82) is 0 Å². The second-order valence-electron chi connectivity index (χ2n) is 5.48. The van der Waals surface area contributed by atoms with E-state index in [9.17, 15) is 9.59 Å². The number of rotatable bonds is 3. The summed E-state index contributed by atoms with van der Waals surface area (Å²) in [5.74, 6) is 0.622. The van der Waals surface area contributed by atoms with Crippen molar-refractivity contribution in [2.24, 2.45) is 4.99 Å². The Morgan fingerprint density at radius 3 is 2.71 bits per heavy atom. The number of carbonyl (C=O) groups is 2. The van der Waals surface area contributed by atoms with Crippen LogP contribution in [0.4, 0.5) is 4.79 Å². The van der Waals surface area contributed by atoms with Crippen LogP contribution in [-0.4, -0.2) is 91.1 Å². The minimum Gasteiger partial charge on any atom is -0.379 e. The van der Waals surface area contributed by atoms with Gasteiger partial charge >= 0.3 is 6.03 Å². The van der Waals surface area contributed by atoms with Gasteiger partial charge in [0.1, 0.15) is 5.84 Å². The van der Waals surface area contributed by atoms with E-state index in [1.54, 1.807) is 7.05 Å². The van der Waals surface area contributed by atoms with Gasteiger partial charge in [0.15, 0.2) is 12.2 Å². The number of likely N-dealkylation sites (N-methyl/N-ethyl adjacent to an activating group) is 2. The lowest BCUT2D eigenvalue weighted by atomic mass is 10.1. The van der Waals surface area contributed by atoms with E-state index in [1.165, 1.54) is 4.90 Å².